The number of thiocarbonyl (C=S) groups is 1. The molecule has 4 nitrogen and oxygen atoms in total. The van der Waals surface area contributed by atoms with Gasteiger partial charge in [0, 0.05) is 0 Å². The highest BCUT2D eigenvalue weighted by molar-refractivity contribution is 7.95. The van der Waals surface area contributed by atoms with Crippen LogP contribution in [-0.4, -0.2) is 18.7 Å². The van der Waals surface area contributed by atoms with Crippen LogP contribution in [0.15, 0.2) is 18.2 Å². The Bertz CT molecular complexity index is 543. The number of rotatable bonds is 4. The van der Waals surface area contributed by atoms with Gasteiger partial charge in [0.1, 0.15) is 5.25 Å². The number of hydrogen-bond donors (Lipinski definition) is 2. The fourth-order valence-electron chi connectivity index (χ4n) is 1.11. The van der Waals surface area contributed by atoms with Crippen molar-refractivity contribution >= 4 is 44.5 Å². The normalized spacial score (nSPS) is 13.1. The summed E-state index contributed by atoms with van der Waals surface area (Å²) in [4.78, 5) is -0.0822. The summed E-state index contributed by atoms with van der Waals surface area (Å²) in [6.45, 7) is 3.26. The van der Waals surface area contributed by atoms with Gasteiger partial charge in [0.25, 0.3) is 0 Å². The number of halogens is 1. The van der Waals surface area contributed by atoms with Gasteiger partial charge in [-0.3, -0.25) is 4.72 Å². The second kappa shape index (κ2) is 5.20. The third-order valence-electron chi connectivity index (χ3n) is 2.24. The lowest BCUT2D eigenvalue weighted by Gasteiger charge is -2.14. The van der Waals surface area contributed by atoms with E-state index in [9.17, 15) is 8.42 Å². The van der Waals surface area contributed by atoms with Crippen LogP contribution in [-0.2, 0) is 10.0 Å². The van der Waals surface area contributed by atoms with Gasteiger partial charge in [0.15, 0.2) is 0 Å². The maximum atomic E-state index is 11.9. The Morgan fingerprint density at radius 3 is 2.65 bits per heavy atom. The van der Waals surface area contributed by atoms with E-state index in [1.165, 1.54) is 6.92 Å². The van der Waals surface area contributed by atoms with Crippen LogP contribution < -0.4 is 10.5 Å². The van der Waals surface area contributed by atoms with Gasteiger partial charge < -0.3 is 5.73 Å². The highest BCUT2D eigenvalue weighted by atomic mass is 35.5. The average molecular weight is 293 g/mol. The quantitative estimate of drug-likeness (QED) is 0.833. The molecule has 0 bridgehead atoms. The van der Waals surface area contributed by atoms with Gasteiger partial charge in [-0.25, -0.2) is 8.42 Å². The van der Waals surface area contributed by atoms with Crippen molar-refractivity contribution in [3.05, 3.63) is 28.8 Å². The first kappa shape index (κ1) is 14.2. The molecule has 1 aromatic carbocycles. The predicted molar refractivity (Wildman–Crippen MR) is 75.0 cm³/mol. The minimum Gasteiger partial charge on any atom is -0.392 e. The summed E-state index contributed by atoms with van der Waals surface area (Å²) in [5.41, 5.74) is 6.55. The highest BCUT2D eigenvalue weighted by Gasteiger charge is 2.23. The number of nitrogens with two attached hydrogens (primary N) is 1. The molecule has 0 radical (unpaired) electrons. The van der Waals surface area contributed by atoms with E-state index in [0.717, 1.165) is 5.56 Å². The molecular formula is C10H13ClN2O2S2. The second-order valence-electron chi connectivity index (χ2n) is 3.67. The van der Waals surface area contributed by atoms with Crippen LogP contribution in [0.3, 0.4) is 0 Å². The third kappa shape index (κ3) is 3.55. The van der Waals surface area contributed by atoms with Gasteiger partial charge in [-0.05, 0) is 31.5 Å². The maximum absolute atomic E-state index is 11.9. The molecule has 1 unspecified atom stereocenters. The van der Waals surface area contributed by atoms with E-state index in [-0.39, 0.29) is 4.99 Å². The first-order valence-corrected chi connectivity index (χ1v) is 7.14. The molecule has 0 saturated carbocycles. The van der Waals surface area contributed by atoms with Crippen molar-refractivity contribution < 1.29 is 8.42 Å². The summed E-state index contributed by atoms with van der Waals surface area (Å²) in [6.07, 6.45) is 0. The van der Waals surface area contributed by atoms with E-state index >= 15 is 0 Å². The van der Waals surface area contributed by atoms with Crippen LogP contribution in [0.5, 0.6) is 0 Å². The molecule has 0 heterocycles. The van der Waals surface area contributed by atoms with Crippen LogP contribution in [0.1, 0.15) is 12.5 Å². The largest absolute Gasteiger partial charge is 0.392 e. The molecule has 3 N–H and O–H groups in total. The first-order valence-electron chi connectivity index (χ1n) is 4.81. The standard InChI is InChI=1S/C10H13ClN2O2S2/c1-6-3-4-8(11)9(5-6)13-17(14,15)7(2)10(12)16/h3-5,7,13H,1-2H3,(H2,12,16). The molecule has 0 fully saturated rings. The molecule has 0 aliphatic heterocycles. The maximum Gasteiger partial charge on any atom is 0.241 e. The topological polar surface area (TPSA) is 72.2 Å². The van der Waals surface area contributed by atoms with Crippen molar-refractivity contribution in [2.45, 2.75) is 19.1 Å². The van der Waals surface area contributed by atoms with E-state index in [4.69, 9.17) is 17.3 Å². The molecule has 0 aromatic heterocycles. The fraction of sp³-hybridized carbons (Fsp3) is 0.300. The van der Waals surface area contributed by atoms with Crippen LogP contribution in [0.4, 0.5) is 5.69 Å². The number of aryl methyl sites for hydroxylation is 1. The van der Waals surface area contributed by atoms with Gasteiger partial charge in [-0.15, -0.1) is 0 Å². The number of nitrogens with one attached hydrogen (secondary N) is 1. The molecule has 0 aliphatic rings. The van der Waals surface area contributed by atoms with Gasteiger partial charge >= 0.3 is 0 Å². The van der Waals surface area contributed by atoms with Gasteiger partial charge in [-0.1, -0.05) is 29.9 Å². The lowest BCUT2D eigenvalue weighted by molar-refractivity contribution is 0.598. The molecule has 1 atom stereocenters. The van der Waals surface area contributed by atoms with E-state index in [1.54, 1.807) is 18.2 Å². The number of benzene rings is 1. The Morgan fingerprint density at radius 1 is 1.53 bits per heavy atom. The van der Waals surface area contributed by atoms with Gasteiger partial charge in [0.2, 0.25) is 10.0 Å². The third-order valence-corrected chi connectivity index (χ3v) is 4.76. The fourth-order valence-corrected chi connectivity index (χ4v) is 2.67. The molecule has 1 rings (SSSR count). The van der Waals surface area contributed by atoms with E-state index in [1.807, 2.05) is 6.92 Å². The van der Waals surface area contributed by atoms with Crippen molar-refractivity contribution in [2.75, 3.05) is 4.72 Å². The zero-order valence-corrected chi connectivity index (χ0v) is 11.8. The molecule has 0 spiro atoms. The number of hydrogen-bond acceptors (Lipinski definition) is 3. The van der Waals surface area contributed by atoms with Crippen LogP contribution >= 0.6 is 23.8 Å². The first-order chi connectivity index (χ1) is 7.74. The Morgan fingerprint density at radius 2 is 2.12 bits per heavy atom. The lowest BCUT2D eigenvalue weighted by Crippen LogP contribution is -2.35. The molecule has 94 valence electrons. The zero-order valence-electron chi connectivity index (χ0n) is 9.40. The van der Waals surface area contributed by atoms with Crippen LogP contribution in [0, 0.1) is 6.92 Å². The highest BCUT2D eigenvalue weighted by Crippen LogP contribution is 2.24. The van der Waals surface area contributed by atoms with Crippen LogP contribution in [0.25, 0.3) is 0 Å². The monoisotopic (exact) mass is 292 g/mol. The summed E-state index contributed by atoms with van der Waals surface area (Å²) in [7, 11) is -3.65. The molecule has 0 amide bonds. The summed E-state index contributed by atoms with van der Waals surface area (Å²) in [5, 5.41) is -0.622. The Balaban J connectivity index is 3.06. The average Bonchev–Trinajstić information content (AvgIpc) is 2.21. The summed E-state index contributed by atoms with van der Waals surface area (Å²) < 4.78 is 26.1. The molecule has 17 heavy (non-hydrogen) atoms. The number of sulfonamides is 1. The molecule has 1 aromatic rings. The molecule has 0 saturated heterocycles. The van der Waals surface area contributed by atoms with Crippen molar-refractivity contribution in [1.29, 1.82) is 0 Å². The van der Waals surface area contributed by atoms with E-state index in [0.29, 0.717) is 10.7 Å². The summed E-state index contributed by atoms with van der Waals surface area (Å²) >= 11 is 10.6. The molecule has 0 aliphatic carbocycles. The Hall–Kier alpha value is -0.850. The molecular weight excluding hydrogens is 280 g/mol. The second-order valence-corrected chi connectivity index (χ2v) is 6.55. The number of anilines is 1. The summed E-state index contributed by atoms with van der Waals surface area (Å²) in [5.74, 6) is 0. The van der Waals surface area contributed by atoms with Gasteiger partial charge in [-0.2, -0.15) is 0 Å². The van der Waals surface area contributed by atoms with Crippen molar-refractivity contribution in [1.82, 2.24) is 0 Å². The predicted octanol–water partition coefficient (Wildman–Crippen LogP) is 2.06. The zero-order chi connectivity index (χ0) is 13.2. The Kier molecular flexibility index (Phi) is 4.35. The van der Waals surface area contributed by atoms with Crippen molar-refractivity contribution in [3.63, 3.8) is 0 Å². The van der Waals surface area contributed by atoms with Crippen LogP contribution in [0.2, 0.25) is 5.02 Å². The van der Waals surface area contributed by atoms with Gasteiger partial charge in [0.05, 0.1) is 15.7 Å². The van der Waals surface area contributed by atoms with Crippen molar-refractivity contribution in [2.24, 2.45) is 5.73 Å². The Labute approximate surface area is 111 Å². The molecule has 7 heteroatoms. The lowest BCUT2D eigenvalue weighted by atomic mass is 10.2. The smallest absolute Gasteiger partial charge is 0.241 e. The minimum atomic E-state index is -3.65. The SMILES string of the molecule is Cc1ccc(Cl)c(NS(=O)(=O)C(C)C(N)=S)c1. The minimum absolute atomic E-state index is 0.0822. The van der Waals surface area contributed by atoms with E-state index in [2.05, 4.69) is 16.9 Å². The van der Waals surface area contributed by atoms with Crippen molar-refractivity contribution in [3.8, 4) is 0 Å². The summed E-state index contributed by atoms with van der Waals surface area (Å²) in [6, 6.07) is 5.06. The van der Waals surface area contributed by atoms with E-state index < -0.39 is 15.3 Å².